The monoisotopic (exact) mass is 220 g/mol. The maximum absolute atomic E-state index is 12.2. The molecule has 1 aliphatic carbocycles. The van der Waals surface area contributed by atoms with E-state index in [4.69, 9.17) is 9.05 Å². The van der Waals surface area contributed by atoms with Crippen molar-refractivity contribution in [1.82, 2.24) is 0 Å². The van der Waals surface area contributed by atoms with Gasteiger partial charge >= 0.3 is 7.60 Å². The first-order valence-corrected chi connectivity index (χ1v) is 6.66. The lowest BCUT2D eigenvalue weighted by molar-refractivity contribution is -0.117. The van der Waals surface area contributed by atoms with E-state index in [0.717, 1.165) is 6.42 Å². The normalized spacial score (nSPS) is 23.0. The van der Waals surface area contributed by atoms with Crippen molar-refractivity contribution in [3.05, 3.63) is 0 Å². The molecule has 5 heteroatoms. The molecule has 0 aromatic carbocycles. The topological polar surface area (TPSA) is 52.6 Å². The molecular formula is C9H17O4P. The third-order valence-electron chi connectivity index (χ3n) is 2.27. The van der Waals surface area contributed by atoms with Gasteiger partial charge in [0.15, 0.2) is 0 Å². The molecule has 0 heterocycles. The van der Waals surface area contributed by atoms with Gasteiger partial charge in [0.1, 0.15) is 11.4 Å². The van der Waals surface area contributed by atoms with Crippen LogP contribution >= 0.6 is 7.60 Å². The lowest BCUT2D eigenvalue weighted by atomic mass is 10.3. The van der Waals surface area contributed by atoms with Crippen LogP contribution in [-0.2, 0) is 18.4 Å². The molecule has 82 valence electrons. The fraction of sp³-hybridized carbons (Fsp3) is 0.889. The number of hydrogen-bond donors (Lipinski definition) is 0. The predicted octanol–water partition coefficient (Wildman–Crippen LogP) is 2.37. The van der Waals surface area contributed by atoms with Crippen molar-refractivity contribution in [2.45, 2.75) is 38.8 Å². The first-order chi connectivity index (χ1) is 6.64. The van der Waals surface area contributed by atoms with Gasteiger partial charge in [0, 0.05) is 6.42 Å². The molecule has 0 amide bonds. The number of rotatable bonds is 5. The molecule has 1 saturated carbocycles. The minimum absolute atomic E-state index is 0.0234. The summed E-state index contributed by atoms with van der Waals surface area (Å²) in [7, 11) is -3.17. The molecule has 1 fully saturated rings. The van der Waals surface area contributed by atoms with Gasteiger partial charge in [-0.1, -0.05) is 0 Å². The SMILES string of the molecule is CCOP(=O)(OCC)C1CCCC1=O. The number of ketones is 1. The minimum atomic E-state index is -3.17. The van der Waals surface area contributed by atoms with E-state index in [1.165, 1.54) is 0 Å². The van der Waals surface area contributed by atoms with Gasteiger partial charge in [0.2, 0.25) is 0 Å². The van der Waals surface area contributed by atoms with Gasteiger partial charge in [-0.25, -0.2) is 0 Å². The summed E-state index contributed by atoms with van der Waals surface area (Å²) in [6.07, 6.45) is 1.94. The lowest BCUT2D eigenvalue weighted by Gasteiger charge is -2.21. The van der Waals surface area contributed by atoms with E-state index in [-0.39, 0.29) is 5.78 Å². The Morgan fingerprint density at radius 3 is 2.29 bits per heavy atom. The van der Waals surface area contributed by atoms with E-state index < -0.39 is 13.3 Å². The highest BCUT2D eigenvalue weighted by Crippen LogP contribution is 2.56. The average molecular weight is 220 g/mol. The molecule has 0 N–H and O–H groups in total. The fourth-order valence-corrected chi connectivity index (χ4v) is 3.84. The number of carbonyl (C=O) groups excluding carboxylic acids is 1. The second kappa shape index (κ2) is 5.06. The van der Waals surface area contributed by atoms with Crippen molar-refractivity contribution < 1.29 is 18.4 Å². The highest BCUT2D eigenvalue weighted by Gasteiger charge is 2.42. The maximum Gasteiger partial charge on any atom is 0.341 e. The van der Waals surface area contributed by atoms with Crippen molar-refractivity contribution in [3.63, 3.8) is 0 Å². The summed E-state index contributed by atoms with van der Waals surface area (Å²) >= 11 is 0. The molecule has 0 aromatic heterocycles. The number of hydrogen-bond acceptors (Lipinski definition) is 4. The Morgan fingerprint density at radius 2 is 1.93 bits per heavy atom. The average Bonchev–Trinajstić information content (AvgIpc) is 2.52. The van der Waals surface area contributed by atoms with Gasteiger partial charge in [-0.3, -0.25) is 9.36 Å². The van der Waals surface area contributed by atoms with Crippen LogP contribution < -0.4 is 0 Å². The number of Topliss-reactive ketones (excluding diaryl/α,β-unsaturated/α-hetero) is 1. The Morgan fingerprint density at radius 1 is 1.36 bits per heavy atom. The second-order valence-electron chi connectivity index (χ2n) is 3.25. The molecule has 0 bridgehead atoms. The molecule has 1 rings (SSSR count). The Kier molecular flexibility index (Phi) is 4.30. The molecule has 0 spiro atoms. The van der Waals surface area contributed by atoms with Gasteiger partial charge < -0.3 is 9.05 Å². The Bertz CT molecular complexity index is 241. The van der Waals surface area contributed by atoms with Crippen molar-refractivity contribution in [3.8, 4) is 0 Å². The van der Waals surface area contributed by atoms with Crippen LogP contribution in [0.3, 0.4) is 0 Å². The zero-order valence-corrected chi connectivity index (χ0v) is 9.59. The maximum atomic E-state index is 12.2. The van der Waals surface area contributed by atoms with Crippen LogP contribution in [0.2, 0.25) is 0 Å². The summed E-state index contributed by atoms with van der Waals surface area (Å²) in [5.74, 6) is 0.0234. The van der Waals surface area contributed by atoms with Crippen LogP contribution in [0, 0.1) is 0 Å². The largest absolute Gasteiger partial charge is 0.341 e. The van der Waals surface area contributed by atoms with Crippen LogP contribution in [0.15, 0.2) is 0 Å². The summed E-state index contributed by atoms with van der Waals surface area (Å²) in [5, 5.41) is 0. The predicted molar refractivity (Wildman–Crippen MR) is 53.5 cm³/mol. The van der Waals surface area contributed by atoms with Crippen molar-refractivity contribution >= 4 is 13.4 Å². The fourth-order valence-electron chi connectivity index (χ4n) is 1.71. The summed E-state index contributed by atoms with van der Waals surface area (Å²) in [6.45, 7) is 4.15. The van der Waals surface area contributed by atoms with Gasteiger partial charge in [-0.15, -0.1) is 0 Å². The van der Waals surface area contributed by atoms with E-state index in [0.29, 0.717) is 26.1 Å². The third-order valence-corrected chi connectivity index (χ3v) is 4.82. The first-order valence-electron chi connectivity index (χ1n) is 5.05. The van der Waals surface area contributed by atoms with Crippen molar-refractivity contribution in [1.29, 1.82) is 0 Å². The summed E-state index contributed by atoms with van der Waals surface area (Å²) in [5.41, 5.74) is -0.512. The second-order valence-corrected chi connectivity index (χ2v) is 5.47. The molecule has 0 saturated heterocycles. The van der Waals surface area contributed by atoms with E-state index >= 15 is 0 Å². The Balaban J connectivity index is 2.75. The van der Waals surface area contributed by atoms with Crippen molar-refractivity contribution in [2.24, 2.45) is 0 Å². The molecule has 14 heavy (non-hydrogen) atoms. The van der Waals surface area contributed by atoms with E-state index in [1.807, 2.05) is 0 Å². The molecule has 1 atom stereocenters. The van der Waals surface area contributed by atoms with Gasteiger partial charge in [0.05, 0.1) is 13.2 Å². The van der Waals surface area contributed by atoms with Crippen LogP contribution in [0.4, 0.5) is 0 Å². The smallest absolute Gasteiger partial charge is 0.308 e. The van der Waals surface area contributed by atoms with Crippen LogP contribution in [-0.4, -0.2) is 24.7 Å². The lowest BCUT2D eigenvalue weighted by Crippen LogP contribution is -2.17. The van der Waals surface area contributed by atoms with Crippen molar-refractivity contribution in [2.75, 3.05) is 13.2 Å². The molecular weight excluding hydrogens is 203 g/mol. The van der Waals surface area contributed by atoms with Crippen LogP contribution in [0.1, 0.15) is 33.1 Å². The first kappa shape index (κ1) is 11.9. The molecule has 0 aliphatic heterocycles. The quantitative estimate of drug-likeness (QED) is 0.667. The molecule has 1 aliphatic rings. The molecule has 0 radical (unpaired) electrons. The number of carbonyl (C=O) groups is 1. The Labute approximate surface area is 84.5 Å². The van der Waals surface area contributed by atoms with Crippen LogP contribution in [0.5, 0.6) is 0 Å². The zero-order chi connectivity index (χ0) is 10.6. The summed E-state index contributed by atoms with van der Waals surface area (Å²) in [6, 6.07) is 0. The zero-order valence-electron chi connectivity index (χ0n) is 8.69. The summed E-state index contributed by atoms with van der Waals surface area (Å²) < 4.78 is 22.4. The van der Waals surface area contributed by atoms with E-state index in [2.05, 4.69) is 0 Å². The third kappa shape index (κ3) is 2.44. The Hall–Kier alpha value is -0.180. The van der Waals surface area contributed by atoms with Gasteiger partial charge in [-0.05, 0) is 26.7 Å². The molecule has 4 nitrogen and oxygen atoms in total. The minimum Gasteiger partial charge on any atom is -0.308 e. The van der Waals surface area contributed by atoms with Gasteiger partial charge in [-0.2, -0.15) is 0 Å². The van der Waals surface area contributed by atoms with E-state index in [9.17, 15) is 9.36 Å². The molecule has 0 aromatic rings. The van der Waals surface area contributed by atoms with E-state index in [1.54, 1.807) is 13.8 Å². The van der Waals surface area contributed by atoms with Gasteiger partial charge in [0.25, 0.3) is 0 Å². The summed E-state index contributed by atoms with van der Waals surface area (Å²) in [4.78, 5) is 11.4. The highest BCUT2D eigenvalue weighted by atomic mass is 31.2. The standard InChI is InChI=1S/C9H17O4P/c1-3-12-14(11,13-4-2)9-7-5-6-8(9)10/h9H,3-7H2,1-2H3. The van der Waals surface area contributed by atoms with Crippen LogP contribution in [0.25, 0.3) is 0 Å². The molecule has 1 unspecified atom stereocenters. The highest BCUT2D eigenvalue weighted by molar-refractivity contribution is 7.55.